The van der Waals surface area contributed by atoms with Gasteiger partial charge in [0.25, 0.3) is 5.91 Å². The second-order valence-corrected chi connectivity index (χ2v) is 3.08. The predicted octanol–water partition coefficient (Wildman–Crippen LogP) is 1.95. The van der Waals surface area contributed by atoms with Crippen LogP contribution in [0.15, 0.2) is 18.2 Å². The van der Waals surface area contributed by atoms with Gasteiger partial charge in [0, 0.05) is 6.54 Å². The van der Waals surface area contributed by atoms with Crippen molar-refractivity contribution in [1.29, 1.82) is 5.26 Å². The molecule has 0 atom stereocenters. The molecule has 16 heavy (non-hydrogen) atoms. The maximum absolute atomic E-state index is 13.3. The zero-order valence-electron chi connectivity index (χ0n) is 8.70. The maximum atomic E-state index is 13.3. The Labute approximate surface area is 91.9 Å². The van der Waals surface area contributed by atoms with Gasteiger partial charge in [-0.3, -0.25) is 4.79 Å². The Kier molecular flexibility index (Phi) is 3.95. The number of rotatable bonds is 3. The second kappa shape index (κ2) is 5.21. The molecule has 0 saturated carbocycles. The third-order valence-corrected chi connectivity index (χ3v) is 2.11. The molecule has 0 spiro atoms. The Bertz CT molecular complexity index is 440. The molecule has 0 saturated heterocycles. The summed E-state index contributed by atoms with van der Waals surface area (Å²) in [7, 11) is 0. The molecule has 0 radical (unpaired) electrons. The first-order valence-electron chi connectivity index (χ1n) is 4.72. The van der Waals surface area contributed by atoms with Gasteiger partial charge in [-0.1, -0.05) is 6.07 Å². The van der Waals surface area contributed by atoms with Crippen molar-refractivity contribution in [2.24, 2.45) is 0 Å². The number of hydrogen-bond donors (Lipinski definition) is 0. The first-order valence-corrected chi connectivity index (χ1v) is 4.72. The fourth-order valence-electron chi connectivity index (χ4n) is 1.25. The van der Waals surface area contributed by atoms with E-state index in [9.17, 15) is 13.6 Å². The summed E-state index contributed by atoms with van der Waals surface area (Å²) in [5.41, 5.74) is -0.350. The van der Waals surface area contributed by atoms with Gasteiger partial charge in [0.1, 0.15) is 6.54 Å². The fourth-order valence-corrected chi connectivity index (χ4v) is 1.25. The van der Waals surface area contributed by atoms with Crippen LogP contribution in [0.2, 0.25) is 0 Å². The topological polar surface area (TPSA) is 44.1 Å². The van der Waals surface area contributed by atoms with E-state index >= 15 is 0 Å². The minimum absolute atomic E-state index is 0.148. The number of hydrogen-bond acceptors (Lipinski definition) is 2. The molecule has 1 amide bonds. The second-order valence-electron chi connectivity index (χ2n) is 3.08. The van der Waals surface area contributed by atoms with Crippen molar-refractivity contribution in [3.63, 3.8) is 0 Å². The van der Waals surface area contributed by atoms with Crippen molar-refractivity contribution in [2.75, 3.05) is 13.1 Å². The standard InChI is InChI=1S/C11H10F2N2O/c1-2-15(7-6-14)11(16)8-4-3-5-9(12)10(8)13/h3-5H,2,7H2,1H3. The van der Waals surface area contributed by atoms with Gasteiger partial charge in [-0.25, -0.2) is 8.78 Å². The summed E-state index contributed by atoms with van der Waals surface area (Å²) in [6, 6.07) is 5.18. The Hall–Kier alpha value is -1.96. The van der Waals surface area contributed by atoms with Gasteiger partial charge in [-0.2, -0.15) is 5.26 Å². The molecular weight excluding hydrogens is 214 g/mol. The van der Waals surface area contributed by atoms with Crippen LogP contribution in [0, 0.1) is 23.0 Å². The molecule has 0 aliphatic heterocycles. The minimum Gasteiger partial charge on any atom is -0.326 e. The van der Waals surface area contributed by atoms with Crippen LogP contribution in [0.1, 0.15) is 17.3 Å². The first kappa shape index (κ1) is 12.1. The van der Waals surface area contributed by atoms with Crippen LogP contribution in [0.3, 0.4) is 0 Å². The lowest BCUT2D eigenvalue weighted by molar-refractivity contribution is 0.0778. The summed E-state index contributed by atoms with van der Waals surface area (Å²) < 4.78 is 26.2. The van der Waals surface area contributed by atoms with E-state index < -0.39 is 17.5 Å². The molecule has 84 valence electrons. The predicted molar refractivity (Wildman–Crippen MR) is 53.5 cm³/mol. The van der Waals surface area contributed by atoms with Crippen LogP contribution in [-0.4, -0.2) is 23.9 Å². The molecule has 5 heteroatoms. The van der Waals surface area contributed by atoms with Crippen molar-refractivity contribution >= 4 is 5.91 Å². The molecule has 0 aliphatic carbocycles. The van der Waals surface area contributed by atoms with Gasteiger partial charge in [-0.15, -0.1) is 0 Å². The molecule has 1 rings (SSSR count). The first-order chi connectivity index (χ1) is 7.61. The monoisotopic (exact) mass is 224 g/mol. The molecule has 1 aromatic rings. The van der Waals surface area contributed by atoms with Crippen molar-refractivity contribution < 1.29 is 13.6 Å². The molecule has 1 aromatic carbocycles. The summed E-state index contributed by atoms with van der Waals surface area (Å²) >= 11 is 0. The van der Waals surface area contributed by atoms with E-state index in [1.54, 1.807) is 13.0 Å². The van der Waals surface area contributed by atoms with E-state index in [1.807, 2.05) is 0 Å². The third kappa shape index (κ3) is 2.34. The molecule has 0 bridgehead atoms. The van der Waals surface area contributed by atoms with Crippen LogP contribution < -0.4 is 0 Å². The summed E-state index contributed by atoms with van der Waals surface area (Å²) in [4.78, 5) is 12.8. The fraction of sp³-hybridized carbons (Fsp3) is 0.273. The quantitative estimate of drug-likeness (QED) is 0.736. The average Bonchev–Trinajstić information content (AvgIpc) is 2.29. The van der Waals surface area contributed by atoms with Gasteiger partial charge in [0.05, 0.1) is 11.6 Å². The van der Waals surface area contributed by atoms with Gasteiger partial charge in [-0.05, 0) is 19.1 Å². The number of benzene rings is 1. The molecule has 0 aromatic heterocycles. The average molecular weight is 224 g/mol. The number of carbonyl (C=O) groups is 1. The summed E-state index contributed by atoms with van der Waals surface area (Å²) in [6.07, 6.45) is 0. The van der Waals surface area contributed by atoms with E-state index in [1.165, 1.54) is 12.1 Å². The lowest BCUT2D eigenvalue weighted by Gasteiger charge is -2.17. The highest BCUT2D eigenvalue weighted by Crippen LogP contribution is 2.13. The van der Waals surface area contributed by atoms with Gasteiger partial charge in [0.15, 0.2) is 11.6 Å². The van der Waals surface area contributed by atoms with Crippen LogP contribution in [0.5, 0.6) is 0 Å². The summed E-state index contributed by atoms with van der Waals surface area (Å²) in [5.74, 6) is -2.93. The molecule has 0 unspecified atom stereocenters. The Morgan fingerprint density at radius 3 is 2.75 bits per heavy atom. The smallest absolute Gasteiger partial charge is 0.257 e. The number of halogens is 2. The van der Waals surface area contributed by atoms with Crippen molar-refractivity contribution in [1.82, 2.24) is 4.90 Å². The molecule has 0 heterocycles. The Balaban J connectivity index is 3.05. The zero-order valence-corrected chi connectivity index (χ0v) is 8.70. The van der Waals surface area contributed by atoms with Crippen molar-refractivity contribution in [3.8, 4) is 6.07 Å². The van der Waals surface area contributed by atoms with E-state index in [0.717, 1.165) is 11.0 Å². The van der Waals surface area contributed by atoms with Crippen LogP contribution in [0.25, 0.3) is 0 Å². The number of amides is 1. The largest absolute Gasteiger partial charge is 0.326 e. The van der Waals surface area contributed by atoms with Crippen LogP contribution >= 0.6 is 0 Å². The SMILES string of the molecule is CCN(CC#N)C(=O)c1cccc(F)c1F. The van der Waals surface area contributed by atoms with Crippen molar-refractivity contribution in [2.45, 2.75) is 6.92 Å². The molecule has 3 nitrogen and oxygen atoms in total. The molecule has 0 fully saturated rings. The number of nitriles is 1. The summed E-state index contributed by atoms with van der Waals surface area (Å²) in [6.45, 7) is 1.78. The van der Waals surface area contributed by atoms with Gasteiger partial charge in [0.2, 0.25) is 0 Å². The summed E-state index contributed by atoms with van der Waals surface area (Å²) in [5, 5.41) is 8.48. The van der Waals surface area contributed by atoms with E-state index in [-0.39, 0.29) is 18.7 Å². The van der Waals surface area contributed by atoms with Gasteiger partial charge < -0.3 is 4.90 Å². The van der Waals surface area contributed by atoms with Crippen molar-refractivity contribution in [3.05, 3.63) is 35.4 Å². The molecule has 0 N–H and O–H groups in total. The third-order valence-electron chi connectivity index (χ3n) is 2.11. The normalized spacial score (nSPS) is 9.62. The van der Waals surface area contributed by atoms with Gasteiger partial charge >= 0.3 is 0 Å². The number of nitrogens with zero attached hydrogens (tertiary/aromatic N) is 2. The van der Waals surface area contributed by atoms with E-state index in [4.69, 9.17) is 5.26 Å². The van der Waals surface area contributed by atoms with E-state index in [2.05, 4.69) is 0 Å². The minimum atomic E-state index is -1.18. The van der Waals surface area contributed by atoms with Crippen LogP contribution in [0.4, 0.5) is 8.78 Å². The lowest BCUT2D eigenvalue weighted by atomic mass is 10.1. The zero-order chi connectivity index (χ0) is 12.1. The highest BCUT2D eigenvalue weighted by molar-refractivity contribution is 5.94. The highest BCUT2D eigenvalue weighted by atomic mass is 19.2. The molecular formula is C11H10F2N2O. The maximum Gasteiger partial charge on any atom is 0.257 e. The number of carbonyl (C=O) groups excluding carboxylic acids is 1. The van der Waals surface area contributed by atoms with E-state index in [0.29, 0.717) is 0 Å². The molecule has 0 aliphatic rings. The van der Waals surface area contributed by atoms with Crippen LogP contribution in [-0.2, 0) is 0 Å². The Morgan fingerprint density at radius 2 is 2.19 bits per heavy atom. The Morgan fingerprint density at radius 1 is 1.50 bits per heavy atom. The highest BCUT2D eigenvalue weighted by Gasteiger charge is 2.19. The lowest BCUT2D eigenvalue weighted by Crippen LogP contribution is -2.31.